The van der Waals surface area contributed by atoms with Gasteiger partial charge in [0.05, 0.1) is 12.7 Å². The zero-order chi connectivity index (χ0) is 17.5. The number of rotatable bonds is 3. The van der Waals surface area contributed by atoms with Crippen molar-refractivity contribution in [2.75, 3.05) is 12.4 Å². The molecule has 0 heterocycles. The van der Waals surface area contributed by atoms with Crippen LogP contribution in [-0.2, 0) is 0 Å². The molecule has 0 saturated carbocycles. The number of hydrogen-bond donors (Lipinski definition) is 1. The molecule has 0 aliphatic heterocycles. The van der Waals surface area contributed by atoms with E-state index < -0.39 is 0 Å². The van der Waals surface area contributed by atoms with Crippen molar-refractivity contribution >= 4 is 11.6 Å². The Bertz CT molecular complexity index is 937. The van der Waals surface area contributed by atoms with E-state index in [2.05, 4.69) is 17.2 Å². The second-order valence-electron chi connectivity index (χ2n) is 5.35. The van der Waals surface area contributed by atoms with Gasteiger partial charge in [0.25, 0.3) is 5.91 Å². The van der Waals surface area contributed by atoms with Crippen molar-refractivity contribution in [3.05, 3.63) is 95.6 Å². The van der Waals surface area contributed by atoms with Gasteiger partial charge >= 0.3 is 0 Å². The van der Waals surface area contributed by atoms with Crippen LogP contribution in [0.2, 0.25) is 0 Å². The molecule has 0 radical (unpaired) electrons. The minimum absolute atomic E-state index is 0.217. The summed E-state index contributed by atoms with van der Waals surface area (Å²) in [6.07, 6.45) is 0. The third-order valence-corrected chi connectivity index (χ3v) is 3.60. The molecule has 1 N–H and O–H groups in total. The summed E-state index contributed by atoms with van der Waals surface area (Å²) in [7, 11) is 1.55. The highest BCUT2D eigenvalue weighted by Crippen LogP contribution is 2.19. The Hall–Kier alpha value is -3.51. The van der Waals surface area contributed by atoms with Crippen molar-refractivity contribution in [3.8, 4) is 17.6 Å². The molecule has 0 aliphatic rings. The van der Waals surface area contributed by atoms with Crippen LogP contribution in [0.3, 0.4) is 0 Å². The molecular weight excluding hydrogens is 310 g/mol. The number of benzene rings is 3. The molecule has 0 aliphatic carbocycles. The number of para-hydroxylation sites is 1. The van der Waals surface area contributed by atoms with Gasteiger partial charge in [-0.3, -0.25) is 4.79 Å². The van der Waals surface area contributed by atoms with Crippen molar-refractivity contribution < 1.29 is 9.53 Å². The Morgan fingerprint density at radius 2 is 1.52 bits per heavy atom. The molecule has 0 bridgehead atoms. The van der Waals surface area contributed by atoms with Gasteiger partial charge in [-0.1, -0.05) is 48.2 Å². The number of carbonyl (C=O) groups excluding carboxylic acids is 1. The predicted octanol–water partition coefficient (Wildman–Crippen LogP) is 4.35. The molecule has 25 heavy (non-hydrogen) atoms. The number of anilines is 1. The van der Waals surface area contributed by atoms with Crippen molar-refractivity contribution in [1.82, 2.24) is 0 Å². The Kier molecular flexibility index (Phi) is 5.13. The van der Waals surface area contributed by atoms with Gasteiger partial charge in [0, 0.05) is 16.8 Å². The molecule has 3 rings (SSSR count). The lowest BCUT2D eigenvalue weighted by Gasteiger charge is -2.09. The topological polar surface area (TPSA) is 38.3 Å². The van der Waals surface area contributed by atoms with Gasteiger partial charge in [-0.25, -0.2) is 0 Å². The molecule has 1 amide bonds. The van der Waals surface area contributed by atoms with Crippen LogP contribution in [0.1, 0.15) is 21.5 Å². The Morgan fingerprint density at radius 3 is 2.32 bits per heavy atom. The fraction of sp³-hybridized carbons (Fsp3) is 0.0455. The molecule has 0 atom stereocenters. The Morgan fingerprint density at radius 1 is 0.840 bits per heavy atom. The molecule has 0 saturated heterocycles. The minimum atomic E-state index is -0.217. The van der Waals surface area contributed by atoms with Gasteiger partial charge in [0.1, 0.15) is 5.75 Å². The van der Waals surface area contributed by atoms with Crippen molar-refractivity contribution in [3.63, 3.8) is 0 Å². The summed E-state index contributed by atoms with van der Waals surface area (Å²) < 4.78 is 5.23. The number of ether oxygens (including phenoxy) is 1. The second-order valence-corrected chi connectivity index (χ2v) is 5.35. The lowest BCUT2D eigenvalue weighted by Crippen LogP contribution is -2.13. The van der Waals surface area contributed by atoms with E-state index in [4.69, 9.17) is 4.74 Å². The van der Waals surface area contributed by atoms with Crippen LogP contribution in [0.25, 0.3) is 0 Å². The number of amides is 1. The molecule has 3 aromatic rings. The summed E-state index contributed by atoms with van der Waals surface area (Å²) in [5.74, 6) is 6.54. The predicted molar refractivity (Wildman–Crippen MR) is 99.8 cm³/mol. The quantitative estimate of drug-likeness (QED) is 0.726. The van der Waals surface area contributed by atoms with E-state index in [-0.39, 0.29) is 5.91 Å². The minimum Gasteiger partial charge on any atom is -0.496 e. The average Bonchev–Trinajstić information content (AvgIpc) is 2.67. The maximum absolute atomic E-state index is 12.5. The van der Waals surface area contributed by atoms with Crippen LogP contribution in [0.5, 0.6) is 5.75 Å². The Balaban J connectivity index is 1.78. The van der Waals surface area contributed by atoms with Crippen LogP contribution < -0.4 is 10.1 Å². The normalized spacial score (nSPS) is 9.64. The first-order valence-electron chi connectivity index (χ1n) is 7.88. The highest BCUT2D eigenvalue weighted by Gasteiger charge is 2.11. The van der Waals surface area contributed by atoms with E-state index in [0.717, 1.165) is 11.1 Å². The largest absolute Gasteiger partial charge is 0.496 e. The van der Waals surface area contributed by atoms with E-state index in [9.17, 15) is 4.79 Å². The summed E-state index contributed by atoms with van der Waals surface area (Å²) >= 11 is 0. The number of nitrogens with one attached hydrogen (secondary N) is 1. The van der Waals surface area contributed by atoms with E-state index in [1.54, 1.807) is 25.3 Å². The molecule has 0 aromatic heterocycles. The van der Waals surface area contributed by atoms with Crippen LogP contribution >= 0.6 is 0 Å². The lowest BCUT2D eigenvalue weighted by molar-refractivity contribution is 0.102. The van der Waals surface area contributed by atoms with Crippen molar-refractivity contribution in [2.24, 2.45) is 0 Å². The number of carbonyl (C=O) groups is 1. The fourth-order valence-electron chi connectivity index (χ4n) is 2.37. The molecule has 3 nitrogen and oxygen atoms in total. The van der Waals surface area contributed by atoms with Gasteiger partial charge in [-0.2, -0.15) is 0 Å². The average molecular weight is 327 g/mol. The van der Waals surface area contributed by atoms with Gasteiger partial charge < -0.3 is 10.1 Å². The number of methoxy groups -OCH3 is 1. The molecule has 0 fully saturated rings. The van der Waals surface area contributed by atoms with E-state index >= 15 is 0 Å². The lowest BCUT2D eigenvalue weighted by atomic mass is 10.1. The maximum atomic E-state index is 12.5. The van der Waals surface area contributed by atoms with Crippen molar-refractivity contribution in [1.29, 1.82) is 0 Å². The monoisotopic (exact) mass is 327 g/mol. The van der Waals surface area contributed by atoms with Gasteiger partial charge in [-0.05, 0) is 42.5 Å². The standard InChI is InChI=1S/C22H17NO2/c1-25-21-13-6-5-12-20(21)22(24)23-19-11-7-10-18(16-19)15-14-17-8-3-2-4-9-17/h2-13,16H,1H3,(H,23,24). The zero-order valence-corrected chi connectivity index (χ0v) is 13.8. The summed E-state index contributed by atoms with van der Waals surface area (Å²) in [5.41, 5.74) is 2.97. The molecule has 122 valence electrons. The molecule has 3 aromatic carbocycles. The first-order valence-corrected chi connectivity index (χ1v) is 7.88. The van der Waals surface area contributed by atoms with Crippen LogP contribution in [0, 0.1) is 11.8 Å². The second kappa shape index (κ2) is 7.85. The van der Waals surface area contributed by atoms with Crippen LogP contribution in [-0.4, -0.2) is 13.0 Å². The molecule has 3 heteroatoms. The Labute approximate surface area is 147 Å². The highest BCUT2D eigenvalue weighted by atomic mass is 16.5. The summed E-state index contributed by atoms with van der Waals surface area (Å²) in [6.45, 7) is 0. The molecule has 0 spiro atoms. The van der Waals surface area contributed by atoms with Crippen LogP contribution in [0.15, 0.2) is 78.9 Å². The van der Waals surface area contributed by atoms with Gasteiger partial charge in [-0.15, -0.1) is 0 Å². The third-order valence-electron chi connectivity index (χ3n) is 3.60. The number of hydrogen-bond acceptors (Lipinski definition) is 2. The zero-order valence-electron chi connectivity index (χ0n) is 13.8. The fourth-order valence-corrected chi connectivity index (χ4v) is 2.37. The maximum Gasteiger partial charge on any atom is 0.259 e. The van der Waals surface area contributed by atoms with E-state index in [1.165, 1.54) is 0 Å². The van der Waals surface area contributed by atoms with Gasteiger partial charge in [0.15, 0.2) is 0 Å². The molecule has 0 unspecified atom stereocenters. The van der Waals surface area contributed by atoms with Crippen LogP contribution in [0.4, 0.5) is 5.69 Å². The summed E-state index contributed by atoms with van der Waals surface area (Å²) in [6, 6.07) is 24.4. The molecular formula is C22H17NO2. The first kappa shape index (κ1) is 16.4. The highest BCUT2D eigenvalue weighted by molar-refractivity contribution is 6.06. The smallest absolute Gasteiger partial charge is 0.259 e. The van der Waals surface area contributed by atoms with E-state index in [1.807, 2.05) is 60.7 Å². The summed E-state index contributed by atoms with van der Waals surface area (Å²) in [4.78, 5) is 12.5. The van der Waals surface area contributed by atoms with Crippen molar-refractivity contribution in [2.45, 2.75) is 0 Å². The van der Waals surface area contributed by atoms with E-state index in [0.29, 0.717) is 17.0 Å². The first-order chi connectivity index (χ1) is 12.3. The van der Waals surface area contributed by atoms with Gasteiger partial charge in [0.2, 0.25) is 0 Å². The SMILES string of the molecule is COc1ccccc1C(=O)Nc1cccc(C#Cc2ccccc2)c1. The summed E-state index contributed by atoms with van der Waals surface area (Å²) in [5, 5.41) is 2.88. The third kappa shape index (κ3) is 4.27.